The number of carboxylic acid groups (broad SMARTS) is 1. The Bertz CT molecular complexity index is 273. The molecule has 104 valence electrons. The van der Waals surface area contributed by atoms with Crippen molar-refractivity contribution in [1.29, 1.82) is 0 Å². The van der Waals surface area contributed by atoms with E-state index < -0.39 is 12.3 Å². The number of rotatable bonds is 11. The van der Waals surface area contributed by atoms with Crippen LogP contribution in [0.2, 0.25) is 0 Å². The van der Waals surface area contributed by atoms with Crippen molar-refractivity contribution in [3.05, 3.63) is 25.0 Å². The summed E-state index contributed by atoms with van der Waals surface area (Å²) in [4.78, 5) is 10.5. The van der Waals surface area contributed by atoms with E-state index in [0.717, 1.165) is 0 Å². The van der Waals surface area contributed by atoms with Crippen molar-refractivity contribution >= 4 is 5.97 Å². The van der Waals surface area contributed by atoms with Crippen molar-refractivity contribution in [1.82, 2.24) is 0 Å². The fourth-order valence-corrected chi connectivity index (χ4v) is 1.11. The summed E-state index contributed by atoms with van der Waals surface area (Å²) in [6.45, 7) is 11.4. The molecule has 1 unspecified atom stereocenters. The Morgan fingerprint density at radius 1 is 1.39 bits per heavy atom. The maximum atomic E-state index is 10.5. The molecule has 1 atom stereocenters. The second-order valence-electron chi connectivity index (χ2n) is 4.00. The molecule has 0 spiro atoms. The van der Waals surface area contributed by atoms with Crippen molar-refractivity contribution in [2.45, 2.75) is 39.1 Å². The van der Waals surface area contributed by atoms with Gasteiger partial charge in [-0.25, -0.2) is 4.79 Å². The highest BCUT2D eigenvalue weighted by Crippen LogP contribution is 2.05. The molecule has 0 radical (unpaired) electrons. The Morgan fingerprint density at radius 3 is 2.56 bits per heavy atom. The Labute approximate surface area is 108 Å². The van der Waals surface area contributed by atoms with Gasteiger partial charge in [0.15, 0.2) is 0 Å². The van der Waals surface area contributed by atoms with Gasteiger partial charge in [0.05, 0.1) is 19.0 Å². The standard InChI is InChI=1S/C13H22O5/c1-5-16-12(9-18-10(2)3)17-8-6-7-11(4)13(14)15/h5,10,12H,1,4,6-9H2,2-3H3,(H,14,15). The summed E-state index contributed by atoms with van der Waals surface area (Å²) >= 11 is 0. The predicted octanol–water partition coefficient (Wildman–Crippen LogP) is 2.34. The number of carbonyl (C=O) groups is 1. The zero-order valence-corrected chi connectivity index (χ0v) is 11.1. The van der Waals surface area contributed by atoms with Crippen LogP contribution in [0.5, 0.6) is 0 Å². The van der Waals surface area contributed by atoms with Crippen molar-refractivity contribution in [2.75, 3.05) is 13.2 Å². The minimum absolute atomic E-state index is 0.0938. The molecule has 5 heteroatoms. The molecule has 0 bridgehead atoms. The lowest BCUT2D eigenvalue weighted by Crippen LogP contribution is -2.24. The van der Waals surface area contributed by atoms with E-state index in [1.165, 1.54) is 6.26 Å². The first-order chi connectivity index (χ1) is 8.47. The highest BCUT2D eigenvalue weighted by molar-refractivity contribution is 5.85. The summed E-state index contributed by atoms with van der Waals surface area (Å²) in [5, 5.41) is 8.62. The molecule has 1 N–H and O–H groups in total. The molecule has 0 aliphatic heterocycles. The highest BCUT2D eigenvalue weighted by atomic mass is 16.7. The van der Waals surface area contributed by atoms with Crippen LogP contribution in [0.25, 0.3) is 0 Å². The molecule has 0 fully saturated rings. The van der Waals surface area contributed by atoms with Crippen LogP contribution in [0.3, 0.4) is 0 Å². The van der Waals surface area contributed by atoms with Gasteiger partial charge < -0.3 is 19.3 Å². The summed E-state index contributed by atoms with van der Waals surface area (Å²) in [5.41, 5.74) is 0.179. The lowest BCUT2D eigenvalue weighted by Gasteiger charge is -2.18. The maximum Gasteiger partial charge on any atom is 0.330 e. The number of ether oxygens (including phenoxy) is 3. The average Bonchev–Trinajstić information content (AvgIpc) is 2.30. The zero-order chi connectivity index (χ0) is 14.0. The van der Waals surface area contributed by atoms with E-state index in [1.807, 2.05) is 13.8 Å². The number of carboxylic acids is 1. The molecule has 0 aliphatic rings. The maximum absolute atomic E-state index is 10.5. The van der Waals surface area contributed by atoms with Crippen molar-refractivity contribution in [3.8, 4) is 0 Å². The molecule has 0 aromatic rings. The van der Waals surface area contributed by atoms with Crippen LogP contribution in [0, 0.1) is 0 Å². The molecule has 0 aromatic heterocycles. The Morgan fingerprint density at radius 2 is 2.06 bits per heavy atom. The summed E-state index contributed by atoms with van der Waals surface area (Å²) in [6.07, 6.45) is 1.84. The minimum Gasteiger partial charge on any atom is -0.478 e. The molecule has 0 amide bonds. The molecule has 0 saturated heterocycles. The average molecular weight is 258 g/mol. The predicted molar refractivity (Wildman–Crippen MR) is 68.1 cm³/mol. The minimum atomic E-state index is -0.975. The zero-order valence-electron chi connectivity index (χ0n) is 11.1. The van der Waals surface area contributed by atoms with Gasteiger partial charge in [0.25, 0.3) is 0 Å². The smallest absolute Gasteiger partial charge is 0.330 e. The third-order valence-corrected chi connectivity index (χ3v) is 2.04. The van der Waals surface area contributed by atoms with Crippen LogP contribution in [0.15, 0.2) is 25.0 Å². The Kier molecular flexibility index (Phi) is 8.96. The topological polar surface area (TPSA) is 65.0 Å². The summed E-state index contributed by atoms with van der Waals surface area (Å²) < 4.78 is 15.9. The quantitative estimate of drug-likeness (QED) is 0.267. The monoisotopic (exact) mass is 258 g/mol. The number of aliphatic carboxylic acids is 1. The van der Waals surface area contributed by atoms with Gasteiger partial charge in [-0.3, -0.25) is 0 Å². The van der Waals surface area contributed by atoms with Gasteiger partial charge >= 0.3 is 5.97 Å². The molecule has 18 heavy (non-hydrogen) atoms. The molecular formula is C13H22O5. The first kappa shape index (κ1) is 16.7. The van der Waals surface area contributed by atoms with Crippen LogP contribution < -0.4 is 0 Å². The van der Waals surface area contributed by atoms with Crippen LogP contribution in [0.1, 0.15) is 26.7 Å². The van der Waals surface area contributed by atoms with Crippen molar-refractivity contribution in [3.63, 3.8) is 0 Å². The van der Waals surface area contributed by atoms with E-state index in [0.29, 0.717) is 26.1 Å². The van der Waals surface area contributed by atoms with Gasteiger partial charge in [-0.05, 0) is 26.7 Å². The third-order valence-electron chi connectivity index (χ3n) is 2.04. The van der Waals surface area contributed by atoms with E-state index in [2.05, 4.69) is 13.2 Å². The van der Waals surface area contributed by atoms with Gasteiger partial charge in [-0.15, -0.1) is 0 Å². The largest absolute Gasteiger partial charge is 0.478 e. The third kappa shape index (κ3) is 8.78. The SMILES string of the molecule is C=COC(COC(C)C)OCCCC(=C)C(=O)O. The van der Waals surface area contributed by atoms with E-state index in [4.69, 9.17) is 19.3 Å². The molecule has 0 aliphatic carbocycles. The Balaban J connectivity index is 3.79. The second kappa shape index (κ2) is 9.67. The second-order valence-corrected chi connectivity index (χ2v) is 4.00. The normalized spacial score (nSPS) is 12.2. The highest BCUT2D eigenvalue weighted by Gasteiger charge is 2.10. The van der Waals surface area contributed by atoms with Crippen LogP contribution in [0.4, 0.5) is 0 Å². The molecule has 5 nitrogen and oxygen atoms in total. The van der Waals surface area contributed by atoms with Crippen molar-refractivity contribution < 1.29 is 24.1 Å². The van der Waals surface area contributed by atoms with Crippen LogP contribution >= 0.6 is 0 Å². The first-order valence-electron chi connectivity index (χ1n) is 5.88. The first-order valence-corrected chi connectivity index (χ1v) is 5.88. The lowest BCUT2D eigenvalue weighted by atomic mass is 10.2. The van der Waals surface area contributed by atoms with E-state index in [1.54, 1.807) is 0 Å². The number of hydrogen-bond acceptors (Lipinski definition) is 4. The van der Waals surface area contributed by atoms with Gasteiger partial charge in [-0.2, -0.15) is 0 Å². The lowest BCUT2D eigenvalue weighted by molar-refractivity contribution is -0.150. The number of hydrogen-bond donors (Lipinski definition) is 1. The molecular weight excluding hydrogens is 236 g/mol. The van der Waals surface area contributed by atoms with E-state index in [9.17, 15) is 4.79 Å². The van der Waals surface area contributed by atoms with Crippen LogP contribution in [-0.4, -0.2) is 36.7 Å². The van der Waals surface area contributed by atoms with E-state index >= 15 is 0 Å². The van der Waals surface area contributed by atoms with Gasteiger partial charge in [-0.1, -0.05) is 13.2 Å². The van der Waals surface area contributed by atoms with Gasteiger partial charge in [0, 0.05) is 5.57 Å². The van der Waals surface area contributed by atoms with E-state index in [-0.39, 0.29) is 11.7 Å². The summed E-state index contributed by atoms with van der Waals surface area (Å²) in [7, 11) is 0. The fraction of sp³-hybridized carbons (Fsp3) is 0.615. The molecule has 0 aromatic carbocycles. The van der Waals surface area contributed by atoms with Gasteiger partial charge in [0.1, 0.15) is 6.61 Å². The summed E-state index contributed by atoms with van der Waals surface area (Å²) in [5.74, 6) is -0.975. The molecule has 0 rings (SSSR count). The molecule has 0 heterocycles. The van der Waals surface area contributed by atoms with Gasteiger partial charge in [0.2, 0.25) is 6.29 Å². The van der Waals surface area contributed by atoms with Crippen molar-refractivity contribution in [2.24, 2.45) is 0 Å². The molecule has 0 saturated carbocycles. The Hall–Kier alpha value is -1.33. The summed E-state index contributed by atoms with van der Waals surface area (Å²) in [6, 6.07) is 0. The van der Waals surface area contributed by atoms with Crippen LogP contribution in [-0.2, 0) is 19.0 Å². The fourth-order valence-electron chi connectivity index (χ4n) is 1.11.